The number of rotatable bonds is 1. The highest BCUT2D eigenvalue weighted by molar-refractivity contribution is 5.95. The van der Waals surface area contributed by atoms with Gasteiger partial charge in [-0.2, -0.15) is 0 Å². The average molecular weight is 497 g/mol. The van der Waals surface area contributed by atoms with Crippen LogP contribution in [-0.2, 0) is 19.1 Å². The lowest BCUT2D eigenvalue weighted by Crippen LogP contribution is -2.73. The van der Waals surface area contributed by atoms with Gasteiger partial charge in [-0.1, -0.05) is 41.5 Å². The molecule has 0 amide bonds. The van der Waals surface area contributed by atoms with Gasteiger partial charge in [-0.3, -0.25) is 9.59 Å². The molecule has 0 unspecified atom stereocenters. The Kier molecular flexibility index (Phi) is 5.22. The average Bonchev–Trinajstić information content (AvgIpc) is 2.79. The summed E-state index contributed by atoms with van der Waals surface area (Å²) in [5, 5.41) is 0. The van der Waals surface area contributed by atoms with Gasteiger partial charge >= 0.3 is 5.97 Å². The number of fused-ring (bicyclic) bond motifs is 3. The van der Waals surface area contributed by atoms with Crippen LogP contribution in [0.15, 0.2) is 11.8 Å². The number of hydrogen-bond acceptors (Lipinski definition) is 4. The molecule has 2 bridgehead atoms. The Labute approximate surface area is 218 Å². The first-order valence-electron chi connectivity index (χ1n) is 14.7. The molecule has 0 aromatic heterocycles. The van der Waals surface area contributed by atoms with Crippen molar-refractivity contribution in [2.45, 2.75) is 106 Å². The van der Waals surface area contributed by atoms with Gasteiger partial charge in [0.25, 0.3) is 0 Å². The summed E-state index contributed by atoms with van der Waals surface area (Å²) in [6.45, 7) is 17.7. The number of ketones is 1. The van der Waals surface area contributed by atoms with E-state index in [9.17, 15) is 9.59 Å². The molecule has 1 spiro atoms. The fraction of sp³-hybridized carbons (Fsp3) is 0.875. The largest absolute Gasteiger partial charge is 0.431 e. The molecule has 1 heterocycles. The first-order valence-corrected chi connectivity index (χ1v) is 14.7. The summed E-state index contributed by atoms with van der Waals surface area (Å²) >= 11 is 0. The van der Waals surface area contributed by atoms with Crippen LogP contribution in [0.2, 0.25) is 0 Å². The molecule has 0 aromatic rings. The van der Waals surface area contributed by atoms with Crippen molar-refractivity contribution in [3.8, 4) is 0 Å². The van der Waals surface area contributed by atoms with Crippen LogP contribution < -0.4 is 0 Å². The second-order valence-corrected chi connectivity index (χ2v) is 15.7. The molecule has 1 saturated heterocycles. The summed E-state index contributed by atoms with van der Waals surface area (Å²) in [4.78, 5) is 25.8. The van der Waals surface area contributed by atoms with Gasteiger partial charge in [0.2, 0.25) is 0 Å². The Morgan fingerprint density at radius 1 is 0.944 bits per heavy atom. The third kappa shape index (κ3) is 2.97. The molecule has 5 fully saturated rings. The molecule has 5 aliphatic carbocycles. The number of carbonyl (C=O) groups excluding carboxylic acids is 2. The van der Waals surface area contributed by atoms with Crippen LogP contribution in [0.5, 0.6) is 0 Å². The molecule has 36 heavy (non-hydrogen) atoms. The van der Waals surface area contributed by atoms with E-state index in [2.05, 4.69) is 41.5 Å². The molecule has 200 valence electrons. The van der Waals surface area contributed by atoms with Crippen LogP contribution in [0.1, 0.15) is 106 Å². The monoisotopic (exact) mass is 496 g/mol. The Morgan fingerprint density at radius 3 is 2.39 bits per heavy atom. The highest BCUT2D eigenvalue weighted by atomic mass is 16.5. The predicted molar refractivity (Wildman–Crippen MR) is 140 cm³/mol. The maximum atomic E-state index is 14.0. The van der Waals surface area contributed by atoms with Gasteiger partial charge < -0.3 is 9.47 Å². The van der Waals surface area contributed by atoms with Crippen LogP contribution in [-0.4, -0.2) is 25.0 Å². The van der Waals surface area contributed by atoms with E-state index in [-0.39, 0.29) is 45.2 Å². The predicted octanol–water partition coefficient (Wildman–Crippen LogP) is 7.11. The molecule has 0 aromatic carbocycles. The van der Waals surface area contributed by atoms with E-state index >= 15 is 0 Å². The number of hydrogen-bond donors (Lipinski definition) is 0. The molecule has 4 heteroatoms. The van der Waals surface area contributed by atoms with E-state index < -0.39 is 0 Å². The smallest absolute Gasteiger partial charge is 0.307 e. The zero-order chi connectivity index (χ0) is 25.9. The van der Waals surface area contributed by atoms with Crippen LogP contribution in [0, 0.1) is 56.2 Å². The van der Waals surface area contributed by atoms with Crippen molar-refractivity contribution >= 4 is 11.8 Å². The highest BCUT2D eigenvalue weighted by Crippen LogP contribution is 2.79. The summed E-state index contributed by atoms with van der Waals surface area (Å²) < 4.78 is 12.3. The second kappa shape index (κ2) is 7.48. The van der Waals surface area contributed by atoms with Crippen molar-refractivity contribution in [1.29, 1.82) is 0 Å². The first-order chi connectivity index (χ1) is 16.7. The third-order valence-electron chi connectivity index (χ3n) is 13.7. The van der Waals surface area contributed by atoms with Gasteiger partial charge in [0.05, 0.1) is 13.2 Å². The first kappa shape index (κ1) is 25.1. The lowest BCUT2D eigenvalue weighted by atomic mass is 9.29. The Bertz CT molecular complexity index is 1030. The van der Waals surface area contributed by atoms with Crippen LogP contribution in [0.3, 0.4) is 0 Å². The minimum Gasteiger partial charge on any atom is -0.431 e. The van der Waals surface area contributed by atoms with E-state index in [0.29, 0.717) is 22.5 Å². The van der Waals surface area contributed by atoms with E-state index in [1.54, 1.807) is 6.08 Å². The molecular formula is C32H48O4. The number of allylic oxidation sites excluding steroid dienone is 2. The van der Waals surface area contributed by atoms with Gasteiger partial charge in [0, 0.05) is 35.7 Å². The second-order valence-electron chi connectivity index (χ2n) is 15.7. The lowest BCUT2D eigenvalue weighted by Gasteiger charge is -2.76. The number of carbonyl (C=O) groups is 2. The van der Waals surface area contributed by atoms with Crippen molar-refractivity contribution in [2.24, 2.45) is 56.2 Å². The fourth-order valence-electron chi connectivity index (χ4n) is 11.6. The van der Waals surface area contributed by atoms with E-state index in [4.69, 9.17) is 9.47 Å². The SMILES string of the molecule is CC(=O)OC1=CC(=O)[C@@H]2[C@](C)(CC[C@H]3[C@@]24CC[C@@]2(C)[C@@H]5CC(C)(C)CC[C@]5(C)CC[C@]32COC4)[C@H]1C. The van der Waals surface area contributed by atoms with Gasteiger partial charge in [-0.15, -0.1) is 0 Å². The van der Waals surface area contributed by atoms with Crippen molar-refractivity contribution < 1.29 is 19.1 Å². The quantitative estimate of drug-likeness (QED) is 0.363. The highest BCUT2D eigenvalue weighted by Gasteiger charge is 2.75. The lowest BCUT2D eigenvalue weighted by molar-refractivity contribution is -0.315. The maximum absolute atomic E-state index is 14.0. The van der Waals surface area contributed by atoms with Crippen molar-refractivity contribution in [1.82, 2.24) is 0 Å². The Hall–Kier alpha value is -1.16. The zero-order valence-electron chi connectivity index (χ0n) is 23.8. The van der Waals surface area contributed by atoms with Gasteiger partial charge in [0.15, 0.2) is 5.78 Å². The Morgan fingerprint density at radius 2 is 1.67 bits per heavy atom. The zero-order valence-corrected chi connectivity index (χ0v) is 23.8. The van der Waals surface area contributed by atoms with E-state index in [1.807, 2.05) is 0 Å². The molecule has 1 aliphatic heterocycles. The van der Waals surface area contributed by atoms with Crippen LogP contribution in [0.25, 0.3) is 0 Å². The molecular weight excluding hydrogens is 448 g/mol. The number of esters is 1. The summed E-state index contributed by atoms with van der Waals surface area (Å²) in [5.41, 5.74) is 1.000. The molecule has 6 aliphatic rings. The normalized spacial score (nSPS) is 53.2. The molecule has 4 nitrogen and oxygen atoms in total. The summed E-state index contributed by atoms with van der Waals surface area (Å²) in [6, 6.07) is 0. The molecule has 4 saturated carbocycles. The molecule has 9 atom stereocenters. The minimum absolute atomic E-state index is 0.0455. The van der Waals surface area contributed by atoms with Crippen LogP contribution in [0.4, 0.5) is 0 Å². The van der Waals surface area contributed by atoms with E-state index in [0.717, 1.165) is 32.0 Å². The van der Waals surface area contributed by atoms with Crippen LogP contribution >= 0.6 is 0 Å². The topological polar surface area (TPSA) is 52.6 Å². The molecule has 0 radical (unpaired) electrons. The van der Waals surface area contributed by atoms with Crippen molar-refractivity contribution in [3.63, 3.8) is 0 Å². The Balaban J connectivity index is 1.44. The number of ether oxygens (including phenoxy) is 2. The maximum Gasteiger partial charge on any atom is 0.307 e. The van der Waals surface area contributed by atoms with Gasteiger partial charge in [0.1, 0.15) is 5.76 Å². The summed E-state index contributed by atoms with van der Waals surface area (Å²) in [7, 11) is 0. The summed E-state index contributed by atoms with van der Waals surface area (Å²) in [5.74, 6) is 1.71. The fourth-order valence-corrected chi connectivity index (χ4v) is 11.6. The third-order valence-corrected chi connectivity index (χ3v) is 13.7. The van der Waals surface area contributed by atoms with Crippen molar-refractivity contribution in [2.75, 3.05) is 13.2 Å². The standard InChI is InChI=1S/C32H48O4/c1-20-23(36-21(2)33)16-22(34)26-29(20,6)9-8-24-31(26)14-13-30(7)25-17-27(3,4)10-11-28(25,5)12-15-32(24,30)19-35-18-31/h16,20,24-26H,8-15,17-19H2,1-7H3/t20-,24-,25+,26+,28+,29+,30-,31-,32-/m0/s1. The van der Waals surface area contributed by atoms with Gasteiger partial charge in [-0.05, 0) is 91.3 Å². The molecule has 0 N–H and O–H groups in total. The van der Waals surface area contributed by atoms with E-state index in [1.165, 1.54) is 51.9 Å². The summed E-state index contributed by atoms with van der Waals surface area (Å²) in [6.07, 6.45) is 12.8. The molecule has 6 rings (SSSR count). The van der Waals surface area contributed by atoms with Gasteiger partial charge in [-0.25, -0.2) is 0 Å². The minimum atomic E-state index is -0.330. The van der Waals surface area contributed by atoms with Crippen molar-refractivity contribution in [3.05, 3.63) is 11.8 Å².